The number of para-hydroxylation sites is 1. The van der Waals surface area contributed by atoms with Gasteiger partial charge >= 0.3 is 0 Å². The lowest BCUT2D eigenvalue weighted by molar-refractivity contribution is 0.485. The highest BCUT2D eigenvalue weighted by Crippen LogP contribution is 2.38. The van der Waals surface area contributed by atoms with Crippen LogP contribution < -0.4 is 11.1 Å². The molecule has 3 N–H and O–H groups in total. The minimum absolute atomic E-state index is 0.174. The molecule has 168 valence electrons. The molecule has 10 heteroatoms. The molecule has 0 radical (unpaired) electrons. The number of nitrogens with one attached hydrogen (secondary N) is 1. The summed E-state index contributed by atoms with van der Waals surface area (Å²) < 4.78 is 2.23. The average molecular weight is 479 g/mol. The quantitative estimate of drug-likeness (QED) is 0.334. The molecule has 2 aromatic carbocycles. The first kappa shape index (κ1) is 21.7. The zero-order valence-corrected chi connectivity index (χ0v) is 19.4. The van der Waals surface area contributed by atoms with E-state index in [9.17, 15) is 0 Å². The number of hydrogen-bond donors (Lipinski definition) is 2. The molecular weight excluding hydrogens is 456 g/mol. The summed E-state index contributed by atoms with van der Waals surface area (Å²) in [5, 5.41) is 13.7. The van der Waals surface area contributed by atoms with Crippen LogP contribution in [0, 0.1) is 0 Å². The molecule has 1 saturated carbocycles. The summed E-state index contributed by atoms with van der Waals surface area (Å²) in [4.78, 5) is 13.1. The van der Waals surface area contributed by atoms with Gasteiger partial charge in [0.25, 0.3) is 0 Å². The van der Waals surface area contributed by atoms with Crippen LogP contribution in [0.2, 0.25) is 5.02 Å². The molecule has 0 aliphatic heterocycles. The van der Waals surface area contributed by atoms with Crippen LogP contribution in [0.5, 0.6) is 0 Å². The van der Waals surface area contributed by atoms with E-state index in [1.54, 1.807) is 11.8 Å². The molecule has 0 bridgehead atoms. The van der Waals surface area contributed by atoms with Gasteiger partial charge in [-0.3, -0.25) is 4.57 Å². The second kappa shape index (κ2) is 9.76. The van der Waals surface area contributed by atoms with Gasteiger partial charge in [0.15, 0.2) is 11.0 Å². The van der Waals surface area contributed by atoms with Crippen LogP contribution in [0.1, 0.15) is 37.5 Å². The Balaban J connectivity index is 1.40. The summed E-state index contributed by atoms with van der Waals surface area (Å²) in [6.45, 7) is 0. The van der Waals surface area contributed by atoms with Gasteiger partial charge < -0.3 is 11.1 Å². The van der Waals surface area contributed by atoms with E-state index < -0.39 is 0 Å². The van der Waals surface area contributed by atoms with Crippen molar-refractivity contribution < 1.29 is 0 Å². The molecular formula is C23H23ClN8S. The Morgan fingerprint density at radius 3 is 2.52 bits per heavy atom. The van der Waals surface area contributed by atoms with Gasteiger partial charge in [0.2, 0.25) is 11.9 Å². The number of benzene rings is 2. The molecule has 0 spiro atoms. The van der Waals surface area contributed by atoms with Crippen molar-refractivity contribution in [3.63, 3.8) is 0 Å². The Labute approximate surface area is 201 Å². The van der Waals surface area contributed by atoms with Crippen molar-refractivity contribution >= 4 is 40.9 Å². The number of nitrogen functional groups attached to an aromatic ring is 1. The zero-order valence-electron chi connectivity index (χ0n) is 17.9. The van der Waals surface area contributed by atoms with Crippen molar-refractivity contribution in [2.45, 2.75) is 42.6 Å². The summed E-state index contributed by atoms with van der Waals surface area (Å²) in [6.07, 6.45) is 4.61. The fraction of sp³-hybridized carbons (Fsp3) is 0.261. The highest BCUT2D eigenvalue weighted by Gasteiger charge is 2.26. The van der Waals surface area contributed by atoms with Crippen LogP contribution >= 0.6 is 23.4 Å². The molecule has 0 saturated heterocycles. The molecule has 1 fully saturated rings. The van der Waals surface area contributed by atoms with Crippen molar-refractivity contribution in [3.8, 4) is 11.4 Å². The van der Waals surface area contributed by atoms with Gasteiger partial charge in [-0.05, 0) is 37.1 Å². The van der Waals surface area contributed by atoms with E-state index in [0.29, 0.717) is 28.6 Å². The second-order valence-corrected chi connectivity index (χ2v) is 9.16. The normalized spacial score (nSPS) is 14.0. The Kier molecular flexibility index (Phi) is 6.41. The van der Waals surface area contributed by atoms with Crippen LogP contribution in [0.3, 0.4) is 0 Å². The van der Waals surface area contributed by atoms with Crippen molar-refractivity contribution in [3.05, 3.63) is 65.4 Å². The highest BCUT2D eigenvalue weighted by atomic mass is 35.5. The van der Waals surface area contributed by atoms with Crippen LogP contribution in [-0.4, -0.2) is 29.7 Å². The van der Waals surface area contributed by atoms with E-state index in [0.717, 1.165) is 35.1 Å². The van der Waals surface area contributed by atoms with E-state index in [1.807, 2.05) is 54.6 Å². The van der Waals surface area contributed by atoms with Gasteiger partial charge in [-0.25, -0.2) is 0 Å². The number of hydrogen-bond acceptors (Lipinski definition) is 8. The predicted octanol–water partition coefficient (Wildman–Crippen LogP) is 5.52. The average Bonchev–Trinajstić information content (AvgIpc) is 3.48. The molecule has 4 aromatic rings. The number of nitrogens with zero attached hydrogens (tertiary/aromatic N) is 6. The molecule has 5 rings (SSSR count). The Morgan fingerprint density at radius 1 is 0.970 bits per heavy atom. The summed E-state index contributed by atoms with van der Waals surface area (Å²) >= 11 is 8.03. The molecule has 1 aliphatic carbocycles. The fourth-order valence-electron chi connectivity index (χ4n) is 4.03. The molecule has 0 atom stereocenters. The predicted molar refractivity (Wildman–Crippen MR) is 131 cm³/mol. The standard InChI is InChI=1S/C23H23ClN8S/c24-18-13-7-6-12-17(18)20-30-31-23(32(20)16-10-4-5-11-16)33-14-19-27-21(25)29-22(28-19)26-15-8-2-1-3-9-15/h1-3,6-9,12-13,16H,4-5,10-11,14H2,(H3,25,26,27,28,29). The maximum Gasteiger partial charge on any atom is 0.232 e. The molecule has 1 aliphatic rings. The maximum atomic E-state index is 6.49. The van der Waals surface area contributed by atoms with Crippen LogP contribution in [0.25, 0.3) is 11.4 Å². The van der Waals surface area contributed by atoms with Crippen LogP contribution in [-0.2, 0) is 5.75 Å². The van der Waals surface area contributed by atoms with Gasteiger partial charge in [0.05, 0.1) is 10.8 Å². The number of rotatable bonds is 7. The SMILES string of the molecule is Nc1nc(CSc2nnc(-c3ccccc3Cl)n2C2CCCC2)nc(Nc2ccccc2)n1. The molecule has 33 heavy (non-hydrogen) atoms. The number of halogens is 1. The van der Waals surface area contributed by atoms with E-state index >= 15 is 0 Å². The molecule has 8 nitrogen and oxygen atoms in total. The van der Waals surface area contributed by atoms with Crippen molar-refractivity contribution in [1.29, 1.82) is 0 Å². The largest absolute Gasteiger partial charge is 0.368 e. The van der Waals surface area contributed by atoms with Crippen LogP contribution in [0.4, 0.5) is 17.6 Å². The lowest BCUT2D eigenvalue weighted by atomic mass is 10.2. The molecule has 0 amide bonds. The third kappa shape index (κ3) is 4.94. The Morgan fingerprint density at radius 2 is 1.73 bits per heavy atom. The Bertz CT molecular complexity index is 1240. The first-order chi connectivity index (χ1) is 16.2. The fourth-order valence-corrected chi connectivity index (χ4v) is 5.11. The smallest absolute Gasteiger partial charge is 0.232 e. The van der Waals surface area contributed by atoms with Gasteiger partial charge in [-0.15, -0.1) is 10.2 Å². The minimum atomic E-state index is 0.174. The lowest BCUT2D eigenvalue weighted by Crippen LogP contribution is -2.09. The van der Waals surface area contributed by atoms with Crippen molar-refractivity contribution in [2.24, 2.45) is 0 Å². The molecule has 0 unspecified atom stereocenters. The van der Waals surface area contributed by atoms with E-state index in [2.05, 4.69) is 35.0 Å². The minimum Gasteiger partial charge on any atom is -0.368 e. The van der Waals surface area contributed by atoms with Crippen LogP contribution in [0.15, 0.2) is 59.8 Å². The summed E-state index contributed by atoms with van der Waals surface area (Å²) in [5.74, 6) is 2.46. The molecule has 2 aromatic heterocycles. The third-order valence-corrected chi connectivity index (χ3v) is 6.80. The number of nitrogens with two attached hydrogens (primary N) is 1. The Hall–Kier alpha value is -3.17. The summed E-state index contributed by atoms with van der Waals surface area (Å²) in [7, 11) is 0. The first-order valence-electron chi connectivity index (χ1n) is 10.8. The highest BCUT2D eigenvalue weighted by molar-refractivity contribution is 7.98. The number of thioether (sulfide) groups is 1. The number of anilines is 3. The third-order valence-electron chi connectivity index (χ3n) is 5.53. The second-order valence-electron chi connectivity index (χ2n) is 7.81. The van der Waals surface area contributed by atoms with E-state index in [1.165, 1.54) is 12.8 Å². The van der Waals surface area contributed by atoms with Gasteiger partial charge in [0, 0.05) is 17.3 Å². The topological polar surface area (TPSA) is 107 Å². The lowest BCUT2D eigenvalue weighted by Gasteiger charge is -2.17. The number of aromatic nitrogens is 6. The molecule has 2 heterocycles. The van der Waals surface area contributed by atoms with Gasteiger partial charge in [-0.1, -0.05) is 66.5 Å². The first-order valence-corrected chi connectivity index (χ1v) is 12.2. The van der Waals surface area contributed by atoms with E-state index in [-0.39, 0.29) is 5.95 Å². The monoisotopic (exact) mass is 478 g/mol. The van der Waals surface area contributed by atoms with Crippen molar-refractivity contribution in [2.75, 3.05) is 11.1 Å². The maximum absolute atomic E-state index is 6.49. The summed E-state index contributed by atoms with van der Waals surface area (Å²) in [6, 6.07) is 17.8. The van der Waals surface area contributed by atoms with Gasteiger partial charge in [0.1, 0.15) is 5.82 Å². The zero-order chi connectivity index (χ0) is 22.6. The van der Waals surface area contributed by atoms with Gasteiger partial charge in [-0.2, -0.15) is 15.0 Å². The van der Waals surface area contributed by atoms with Crippen molar-refractivity contribution in [1.82, 2.24) is 29.7 Å². The summed E-state index contributed by atoms with van der Waals surface area (Å²) in [5.41, 5.74) is 7.72. The van der Waals surface area contributed by atoms with E-state index in [4.69, 9.17) is 17.3 Å².